The average Bonchev–Trinajstić information content (AvgIpc) is 2.89. The summed E-state index contributed by atoms with van der Waals surface area (Å²) >= 11 is 0. The Morgan fingerprint density at radius 1 is 1.33 bits per heavy atom. The molecule has 2 heteroatoms. The molecule has 0 amide bonds. The predicted molar refractivity (Wildman–Crippen MR) is 75.9 cm³/mol. The highest BCUT2D eigenvalue weighted by molar-refractivity contribution is 5.37. The maximum Gasteiger partial charge on any atom is 0.121 e. The van der Waals surface area contributed by atoms with E-state index in [4.69, 9.17) is 10.5 Å². The first-order valence-electron chi connectivity index (χ1n) is 7.11. The van der Waals surface area contributed by atoms with Crippen LogP contribution in [0.2, 0.25) is 0 Å². The van der Waals surface area contributed by atoms with Crippen LogP contribution in [0.5, 0.6) is 5.75 Å². The number of aryl methyl sites for hydroxylation is 1. The van der Waals surface area contributed by atoms with Crippen LogP contribution < -0.4 is 10.5 Å². The molecule has 1 atom stereocenters. The fraction of sp³-hybridized carbons (Fsp3) is 0.625. The van der Waals surface area contributed by atoms with Gasteiger partial charge in [-0.05, 0) is 42.9 Å². The van der Waals surface area contributed by atoms with Gasteiger partial charge in [-0.1, -0.05) is 37.8 Å². The lowest BCUT2D eigenvalue weighted by Gasteiger charge is -2.16. The van der Waals surface area contributed by atoms with E-state index in [0.717, 1.165) is 18.1 Å². The second-order valence-electron chi connectivity index (χ2n) is 5.56. The van der Waals surface area contributed by atoms with Crippen LogP contribution in [0, 0.1) is 12.8 Å². The molecule has 18 heavy (non-hydrogen) atoms. The summed E-state index contributed by atoms with van der Waals surface area (Å²) in [6.07, 6.45) is 8.05. The molecule has 1 aliphatic rings. The zero-order chi connectivity index (χ0) is 13.0. The molecule has 1 aliphatic carbocycles. The van der Waals surface area contributed by atoms with E-state index in [1.807, 2.05) is 6.07 Å². The first-order chi connectivity index (χ1) is 8.70. The number of ether oxygens (including phenoxy) is 1. The van der Waals surface area contributed by atoms with Gasteiger partial charge in [0.25, 0.3) is 0 Å². The topological polar surface area (TPSA) is 35.2 Å². The van der Waals surface area contributed by atoms with Crippen LogP contribution in [-0.4, -0.2) is 7.11 Å². The molecule has 0 heterocycles. The van der Waals surface area contributed by atoms with Gasteiger partial charge in [-0.25, -0.2) is 0 Å². The van der Waals surface area contributed by atoms with Crippen molar-refractivity contribution in [2.75, 3.05) is 7.11 Å². The van der Waals surface area contributed by atoms with Crippen molar-refractivity contribution in [3.63, 3.8) is 0 Å². The third kappa shape index (κ3) is 3.26. The lowest BCUT2D eigenvalue weighted by atomic mass is 9.94. The van der Waals surface area contributed by atoms with Crippen molar-refractivity contribution < 1.29 is 4.74 Å². The highest BCUT2D eigenvalue weighted by Crippen LogP contribution is 2.31. The van der Waals surface area contributed by atoms with Gasteiger partial charge in [-0.3, -0.25) is 0 Å². The number of hydrogen-bond donors (Lipinski definition) is 1. The summed E-state index contributed by atoms with van der Waals surface area (Å²) in [5, 5.41) is 0. The first-order valence-corrected chi connectivity index (χ1v) is 7.11. The van der Waals surface area contributed by atoms with Gasteiger partial charge in [0.1, 0.15) is 5.75 Å². The second kappa shape index (κ2) is 6.24. The van der Waals surface area contributed by atoms with E-state index >= 15 is 0 Å². The second-order valence-corrected chi connectivity index (χ2v) is 5.56. The maximum absolute atomic E-state index is 6.29. The fourth-order valence-corrected chi connectivity index (χ4v) is 3.01. The highest BCUT2D eigenvalue weighted by Gasteiger charge is 2.16. The summed E-state index contributed by atoms with van der Waals surface area (Å²) < 4.78 is 5.28. The summed E-state index contributed by atoms with van der Waals surface area (Å²) in [5.74, 6) is 1.87. The van der Waals surface area contributed by atoms with Gasteiger partial charge in [0.2, 0.25) is 0 Å². The molecule has 1 saturated carbocycles. The van der Waals surface area contributed by atoms with Crippen molar-refractivity contribution in [2.45, 2.75) is 51.5 Å². The molecule has 1 aromatic carbocycles. The smallest absolute Gasteiger partial charge is 0.121 e. The molecule has 1 fully saturated rings. The number of nitrogens with two attached hydrogens (primary N) is 1. The normalized spacial score (nSPS) is 17.9. The molecular weight excluding hydrogens is 222 g/mol. The lowest BCUT2D eigenvalue weighted by molar-refractivity contribution is 0.411. The van der Waals surface area contributed by atoms with Gasteiger partial charge in [-0.2, -0.15) is 0 Å². The van der Waals surface area contributed by atoms with Crippen molar-refractivity contribution in [1.82, 2.24) is 0 Å². The molecular formula is C16H25NO. The van der Waals surface area contributed by atoms with E-state index in [1.54, 1.807) is 7.11 Å². The summed E-state index contributed by atoms with van der Waals surface area (Å²) in [7, 11) is 1.71. The summed E-state index contributed by atoms with van der Waals surface area (Å²) in [6, 6.07) is 6.47. The van der Waals surface area contributed by atoms with Gasteiger partial charge in [0.15, 0.2) is 0 Å². The Balaban J connectivity index is 1.91. The van der Waals surface area contributed by atoms with Gasteiger partial charge in [0.05, 0.1) is 7.11 Å². The van der Waals surface area contributed by atoms with E-state index in [2.05, 4.69) is 19.1 Å². The van der Waals surface area contributed by atoms with E-state index in [-0.39, 0.29) is 6.04 Å². The number of rotatable bonds is 5. The van der Waals surface area contributed by atoms with Crippen molar-refractivity contribution in [3.05, 3.63) is 29.3 Å². The number of hydrogen-bond acceptors (Lipinski definition) is 2. The van der Waals surface area contributed by atoms with E-state index < -0.39 is 0 Å². The van der Waals surface area contributed by atoms with Crippen molar-refractivity contribution in [2.24, 2.45) is 11.7 Å². The molecule has 1 unspecified atom stereocenters. The fourth-order valence-electron chi connectivity index (χ4n) is 3.01. The van der Waals surface area contributed by atoms with Crippen LogP contribution >= 0.6 is 0 Å². The van der Waals surface area contributed by atoms with Gasteiger partial charge >= 0.3 is 0 Å². The molecule has 100 valence electrons. The Hall–Kier alpha value is -1.02. The van der Waals surface area contributed by atoms with Crippen LogP contribution in [-0.2, 0) is 0 Å². The van der Waals surface area contributed by atoms with Crippen molar-refractivity contribution >= 4 is 0 Å². The molecule has 0 bridgehead atoms. The molecule has 0 radical (unpaired) electrons. The monoisotopic (exact) mass is 247 g/mol. The SMILES string of the molecule is COc1ccc(C(N)CCC2CCCC2)cc1C. The molecule has 1 aromatic rings. The van der Waals surface area contributed by atoms with E-state index in [9.17, 15) is 0 Å². The Morgan fingerprint density at radius 3 is 2.67 bits per heavy atom. The van der Waals surface area contributed by atoms with Crippen LogP contribution in [0.15, 0.2) is 18.2 Å². The van der Waals surface area contributed by atoms with Gasteiger partial charge < -0.3 is 10.5 Å². The molecule has 2 rings (SSSR count). The minimum atomic E-state index is 0.176. The molecule has 0 saturated heterocycles. The summed E-state index contributed by atoms with van der Waals surface area (Å²) in [5.41, 5.74) is 8.71. The zero-order valence-corrected chi connectivity index (χ0v) is 11.6. The van der Waals surface area contributed by atoms with Crippen molar-refractivity contribution in [3.8, 4) is 5.75 Å². The number of benzene rings is 1. The Labute approximate surface area is 111 Å². The van der Waals surface area contributed by atoms with E-state index in [0.29, 0.717) is 0 Å². The van der Waals surface area contributed by atoms with Gasteiger partial charge in [0, 0.05) is 6.04 Å². The molecule has 2 nitrogen and oxygen atoms in total. The Kier molecular flexibility index (Phi) is 4.65. The Bertz CT molecular complexity index is 383. The Morgan fingerprint density at radius 2 is 2.06 bits per heavy atom. The maximum atomic E-state index is 6.29. The predicted octanol–water partition coefficient (Wildman–Crippen LogP) is 3.97. The van der Waals surface area contributed by atoms with Crippen LogP contribution in [0.25, 0.3) is 0 Å². The molecule has 0 aromatic heterocycles. The van der Waals surface area contributed by atoms with Crippen LogP contribution in [0.3, 0.4) is 0 Å². The first kappa shape index (κ1) is 13.4. The average molecular weight is 247 g/mol. The highest BCUT2D eigenvalue weighted by atomic mass is 16.5. The van der Waals surface area contributed by atoms with Gasteiger partial charge in [-0.15, -0.1) is 0 Å². The summed E-state index contributed by atoms with van der Waals surface area (Å²) in [6.45, 7) is 2.08. The third-order valence-corrected chi connectivity index (χ3v) is 4.21. The molecule has 0 aliphatic heterocycles. The van der Waals surface area contributed by atoms with E-state index in [1.165, 1.54) is 43.2 Å². The molecule has 2 N–H and O–H groups in total. The van der Waals surface area contributed by atoms with Crippen LogP contribution in [0.4, 0.5) is 0 Å². The van der Waals surface area contributed by atoms with Crippen molar-refractivity contribution in [1.29, 1.82) is 0 Å². The standard InChI is InChI=1S/C16H25NO/c1-12-11-14(8-10-16(12)18-2)15(17)9-7-13-5-3-4-6-13/h8,10-11,13,15H,3-7,9,17H2,1-2H3. The minimum Gasteiger partial charge on any atom is -0.496 e. The van der Waals surface area contributed by atoms with Crippen LogP contribution in [0.1, 0.15) is 55.7 Å². The molecule has 0 spiro atoms. The summed E-state index contributed by atoms with van der Waals surface area (Å²) in [4.78, 5) is 0. The quantitative estimate of drug-likeness (QED) is 0.854. The third-order valence-electron chi connectivity index (χ3n) is 4.21. The lowest BCUT2D eigenvalue weighted by Crippen LogP contribution is -2.12. The number of methoxy groups -OCH3 is 1. The minimum absolute atomic E-state index is 0.176. The largest absolute Gasteiger partial charge is 0.496 e. The zero-order valence-electron chi connectivity index (χ0n) is 11.6.